The summed E-state index contributed by atoms with van der Waals surface area (Å²) < 4.78 is 62.0. The van der Waals surface area contributed by atoms with Gasteiger partial charge in [0.1, 0.15) is 33.0 Å². The van der Waals surface area contributed by atoms with E-state index in [0.717, 1.165) is 63.1 Å². The first-order chi connectivity index (χ1) is 36.8. The molecule has 2 fully saturated rings. The summed E-state index contributed by atoms with van der Waals surface area (Å²) >= 11 is 0. The second-order valence-corrected chi connectivity index (χ2v) is 56.1. The van der Waals surface area contributed by atoms with E-state index >= 15 is 0 Å². The fraction of sp³-hybridized carbons (Fsp3) is 0.879. The highest BCUT2D eigenvalue weighted by atomic mass is 28.5. The molecule has 81 heavy (non-hydrogen) atoms. The Morgan fingerprint density at radius 1 is 0.568 bits per heavy atom. The van der Waals surface area contributed by atoms with E-state index in [-0.39, 0.29) is 91.4 Å². The lowest BCUT2D eigenvalue weighted by molar-refractivity contribution is -0.157. The Morgan fingerprint density at radius 2 is 1.02 bits per heavy atom. The van der Waals surface area contributed by atoms with Gasteiger partial charge in [-0.15, -0.1) is 0 Å². The van der Waals surface area contributed by atoms with Crippen LogP contribution in [0, 0.1) is 33.0 Å². The van der Waals surface area contributed by atoms with Gasteiger partial charge < -0.3 is 55.5 Å². The number of carbonyl (C=O) groups excluding carboxylic acids is 5. The highest BCUT2D eigenvalue weighted by molar-refractivity contribution is 6.88. The quantitative estimate of drug-likeness (QED) is 0.0197. The van der Waals surface area contributed by atoms with Crippen molar-refractivity contribution in [1.82, 2.24) is 10.6 Å². The van der Waals surface area contributed by atoms with Crippen LogP contribution in [0.3, 0.4) is 0 Å². The lowest BCUT2D eigenvalue weighted by Gasteiger charge is -2.47. The first-order valence-corrected chi connectivity index (χ1v) is 48.8. The average Bonchev–Trinajstić information content (AvgIpc) is 3.25. The fourth-order valence-corrected chi connectivity index (χ4v) is 38.5. The minimum Gasteiger partial charge on any atom is -0.465 e. The van der Waals surface area contributed by atoms with Crippen LogP contribution >= 0.6 is 0 Å². The molecular formula is C58H116N2O15Si6. The molecule has 0 spiro atoms. The highest BCUT2D eigenvalue weighted by Crippen LogP contribution is 2.51. The summed E-state index contributed by atoms with van der Waals surface area (Å²) in [5.41, 5.74) is -1.56. The van der Waals surface area contributed by atoms with Gasteiger partial charge in [-0.1, -0.05) is 61.0 Å². The zero-order chi connectivity index (χ0) is 62.0. The summed E-state index contributed by atoms with van der Waals surface area (Å²) in [5, 5.41) is 6.01. The molecule has 0 bridgehead atoms. The van der Waals surface area contributed by atoms with Crippen molar-refractivity contribution in [1.29, 1.82) is 0 Å². The number of hydrogen-bond acceptors (Lipinski definition) is 15. The molecular weight excluding hydrogens is 1130 g/mol. The molecule has 0 aromatic heterocycles. The third kappa shape index (κ3) is 32.8. The van der Waals surface area contributed by atoms with Crippen LogP contribution in [0.4, 0.5) is 9.59 Å². The van der Waals surface area contributed by atoms with Crippen LogP contribution in [-0.4, -0.2) is 139 Å². The van der Waals surface area contributed by atoms with Gasteiger partial charge in [-0.3, -0.25) is 9.59 Å². The maximum atomic E-state index is 14.5. The summed E-state index contributed by atoms with van der Waals surface area (Å²) in [6.07, 6.45) is 8.24. The fourth-order valence-electron chi connectivity index (χ4n) is 13.4. The van der Waals surface area contributed by atoms with E-state index < -0.39 is 74.0 Å². The van der Waals surface area contributed by atoms with E-state index in [2.05, 4.69) is 150 Å². The predicted molar refractivity (Wildman–Crippen MR) is 337 cm³/mol. The van der Waals surface area contributed by atoms with E-state index in [9.17, 15) is 24.0 Å². The third-order valence-electron chi connectivity index (χ3n) is 14.6. The number of nitrogens with one attached hydrogen (secondary N) is 2. The molecule has 2 aliphatic carbocycles. The molecule has 0 aromatic rings. The Kier molecular flexibility index (Phi) is 29.1. The summed E-state index contributed by atoms with van der Waals surface area (Å²) in [6.45, 7) is 50.8. The largest absolute Gasteiger partial charge is 0.465 e. The summed E-state index contributed by atoms with van der Waals surface area (Å²) in [4.78, 5) is 65.9. The molecule has 0 saturated heterocycles. The zero-order valence-corrected chi connectivity index (χ0v) is 60.8. The Bertz CT molecular complexity index is 1940. The van der Waals surface area contributed by atoms with Crippen LogP contribution in [0.25, 0.3) is 0 Å². The van der Waals surface area contributed by atoms with Crippen LogP contribution < -0.4 is 10.6 Å². The number of hydrogen-bond donors (Lipinski definition) is 2. The smallest absolute Gasteiger partial charge is 0.407 e. The first-order valence-electron chi connectivity index (χ1n) is 30.1. The number of rotatable bonds is 36. The molecule has 4 atom stereocenters. The predicted octanol–water partition coefficient (Wildman–Crippen LogP) is 14.0. The summed E-state index contributed by atoms with van der Waals surface area (Å²) in [6, 6.07) is 1.27. The normalized spacial score (nSPS) is 21.8. The lowest BCUT2D eigenvalue weighted by atomic mass is 9.60. The number of amides is 2. The topological polar surface area (TPSA) is 202 Å². The summed E-state index contributed by atoms with van der Waals surface area (Å²) in [5.74, 6) is -1.18. The van der Waals surface area contributed by atoms with Crippen molar-refractivity contribution in [2.45, 2.75) is 242 Å². The monoisotopic (exact) mass is 1250 g/mol. The molecule has 23 heteroatoms. The van der Waals surface area contributed by atoms with Gasteiger partial charge in [0.2, 0.25) is 0 Å². The molecule has 472 valence electrons. The van der Waals surface area contributed by atoms with E-state index in [1.165, 1.54) is 0 Å². The molecule has 0 heterocycles. The zero-order valence-electron chi connectivity index (χ0n) is 54.8. The van der Waals surface area contributed by atoms with Gasteiger partial charge >= 0.3 is 47.2 Å². The average molecular weight is 1250 g/mol. The molecule has 2 rings (SSSR count). The molecule has 0 aromatic carbocycles. The Labute approximate surface area is 497 Å². The maximum absolute atomic E-state index is 14.5. The second-order valence-electron chi connectivity index (χ2n) is 30.4. The van der Waals surface area contributed by atoms with E-state index in [1.54, 1.807) is 0 Å². The van der Waals surface area contributed by atoms with Crippen molar-refractivity contribution >= 4 is 80.5 Å². The van der Waals surface area contributed by atoms with Gasteiger partial charge in [0.15, 0.2) is 33.3 Å². The van der Waals surface area contributed by atoms with Crippen LogP contribution in [0.2, 0.25) is 104 Å². The number of esters is 3. The van der Waals surface area contributed by atoms with Crippen molar-refractivity contribution in [3.63, 3.8) is 0 Å². The molecule has 0 radical (unpaired) electrons. The number of alkyl carbamates (subject to hydrolysis) is 2. The molecule has 17 nitrogen and oxygen atoms in total. The van der Waals surface area contributed by atoms with Crippen LogP contribution in [-0.2, 0) is 59.3 Å². The minimum atomic E-state index is -2.70. The van der Waals surface area contributed by atoms with Crippen molar-refractivity contribution in [3.05, 3.63) is 12.7 Å². The molecule has 4 unspecified atom stereocenters. The molecule has 2 N–H and O–H groups in total. The van der Waals surface area contributed by atoms with Crippen LogP contribution in [0.5, 0.6) is 0 Å². The minimum absolute atomic E-state index is 0.0167. The standard InChI is InChI=1S/C58H116N2O15Si6/c1-23-49(61)67-33-34-69-53(65)60-48-40-55(5,6)42-56(7,41-48)30-27-50(62)70-45-58(28-25-35-80(21,72-76(9,10)11)73-77(12,13)14,29-26-36-81(22,74-78(15,16)17)75-79(18,19)20)46-71-51(63)37-47-38-54(3,4)43-57(8,39-47)44-59-52(64)68-32-31-66-24-2/h23,47-48H,1,24-46H2,2-22H3,(H,59,64)(H,60,65). The SMILES string of the molecule is C=CC(=O)OCCOC(=O)NC1CC(C)(C)CC(C)(CCC(=O)OCC(CCC[Si](C)(O[Si](C)(C)C)O[Si](C)(C)C)(CCC[Si](C)(O[Si](C)(C)C)O[Si](C)(C)C)COC(=O)CC2CC(C)(C)CC(C)(CNC(=O)OCCOCC)C2)C1. The molecule has 0 aliphatic heterocycles. The molecule has 2 saturated carbocycles. The van der Waals surface area contributed by atoms with Crippen molar-refractivity contribution in [3.8, 4) is 0 Å². The van der Waals surface area contributed by atoms with Gasteiger partial charge in [0, 0.05) is 43.5 Å². The van der Waals surface area contributed by atoms with Crippen LogP contribution in [0.1, 0.15) is 132 Å². The third-order valence-corrected chi connectivity index (χ3v) is 33.8. The highest BCUT2D eigenvalue weighted by Gasteiger charge is 2.47. The van der Waals surface area contributed by atoms with Gasteiger partial charge in [0.25, 0.3) is 0 Å². The van der Waals surface area contributed by atoms with Crippen molar-refractivity contribution in [2.75, 3.05) is 52.8 Å². The van der Waals surface area contributed by atoms with Crippen molar-refractivity contribution in [2.24, 2.45) is 33.0 Å². The van der Waals surface area contributed by atoms with E-state index in [1.807, 2.05) is 6.92 Å². The first kappa shape index (κ1) is 74.9. The Hall–Kier alpha value is -2.21. The maximum Gasteiger partial charge on any atom is 0.407 e. The number of ether oxygens (including phenoxy) is 6. The van der Waals surface area contributed by atoms with Crippen LogP contribution in [0.15, 0.2) is 12.7 Å². The van der Waals surface area contributed by atoms with Gasteiger partial charge in [-0.2, -0.15) is 0 Å². The van der Waals surface area contributed by atoms with E-state index in [4.69, 9.17) is 44.9 Å². The Balaban J connectivity index is 2.55. The molecule has 2 aliphatic rings. The van der Waals surface area contributed by atoms with Gasteiger partial charge in [0.05, 0.1) is 6.61 Å². The van der Waals surface area contributed by atoms with Crippen molar-refractivity contribution < 1.29 is 68.9 Å². The van der Waals surface area contributed by atoms with Gasteiger partial charge in [-0.25, -0.2) is 14.4 Å². The molecule has 2 amide bonds. The number of carbonyl (C=O) groups is 5. The lowest BCUT2D eigenvalue weighted by Crippen LogP contribution is -2.52. The Morgan fingerprint density at radius 3 is 1.52 bits per heavy atom. The van der Waals surface area contributed by atoms with Gasteiger partial charge in [-0.05, 0) is 196 Å². The second kappa shape index (κ2) is 31.4. The summed E-state index contributed by atoms with van der Waals surface area (Å²) in [7, 11) is -13.5. The van der Waals surface area contributed by atoms with E-state index in [0.29, 0.717) is 45.4 Å².